The molecular weight excluding hydrogens is 304 g/mol. The molecule has 104 valence electrons. The number of carbonyl (C=O) groups is 1. The number of benzene rings is 1. The predicted octanol–water partition coefficient (Wildman–Crippen LogP) is 2.86. The highest BCUT2D eigenvalue weighted by Gasteiger charge is 2.23. The number of rotatable bonds is 3. The number of nitrogens with zero attached hydrogens (tertiary/aromatic N) is 2. The van der Waals surface area contributed by atoms with Crippen LogP contribution in [0.5, 0.6) is 0 Å². The molecule has 0 aliphatic carbocycles. The van der Waals surface area contributed by atoms with E-state index in [4.69, 9.17) is 0 Å². The van der Waals surface area contributed by atoms with E-state index in [0.717, 1.165) is 42.8 Å². The lowest BCUT2D eigenvalue weighted by atomic mass is 10.1. The minimum Gasteiger partial charge on any atom is -0.336 e. The van der Waals surface area contributed by atoms with Crippen molar-refractivity contribution in [2.45, 2.75) is 13.8 Å². The van der Waals surface area contributed by atoms with Gasteiger partial charge in [-0.2, -0.15) is 0 Å². The van der Waals surface area contributed by atoms with Crippen molar-refractivity contribution < 1.29 is 4.79 Å². The van der Waals surface area contributed by atoms with Crippen LogP contribution >= 0.6 is 15.9 Å². The van der Waals surface area contributed by atoms with Crippen molar-refractivity contribution >= 4 is 21.8 Å². The van der Waals surface area contributed by atoms with Crippen molar-refractivity contribution in [1.29, 1.82) is 0 Å². The van der Waals surface area contributed by atoms with E-state index in [1.807, 2.05) is 29.2 Å². The lowest BCUT2D eigenvalue weighted by molar-refractivity contribution is 0.0623. The summed E-state index contributed by atoms with van der Waals surface area (Å²) in [5, 5.41) is 0. The molecule has 0 aromatic heterocycles. The van der Waals surface area contributed by atoms with Crippen molar-refractivity contribution in [1.82, 2.24) is 9.80 Å². The van der Waals surface area contributed by atoms with Crippen LogP contribution in [0, 0.1) is 5.92 Å². The maximum absolute atomic E-state index is 12.4. The quantitative estimate of drug-likeness (QED) is 0.853. The van der Waals surface area contributed by atoms with Crippen molar-refractivity contribution in [3.63, 3.8) is 0 Å². The Labute approximate surface area is 123 Å². The van der Waals surface area contributed by atoms with E-state index in [0.29, 0.717) is 5.92 Å². The van der Waals surface area contributed by atoms with Gasteiger partial charge >= 0.3 is 0 Å². The third-order valence-electron chi connectivity index (χ3n) is 3.39. The summed E-state index contributed by atoms with van der Waals surface area (Å²) in [7, 11) is 0. The Kier molecular flexibility index (Phi) is 4.99. The highest BCUT2D eigenvalue weighted by molar-refractivity contribution is 9.10. The SMILES string of the molecule is CC(C)CN1CCN(C(=O)c2ccccc2Br)CC1. The largest absolute Gasteiger partial charge is 0.336 e. The van der Waals surface area contributed by atoms with E-state index in [1.165, 1.54) is 0 Å². The molecule has 1 aliphatic heterocycles. The molecule has 19 heavy (non-hydrogen) atoms. The summed E-state index contributed by atoms with van der Waals surface area (Å²) < 4.78 is 0.879. The molecule has 0 saturated carbocycles. The van der Waals surface area contributed by atoms with Crippen LogP contribution in [-0.4, -0.2) is 48.4 Å². The summed E-state index contributed by atoms with van der Waals surface area (Å²) in [6.45, 7) is 9.21. The number of carbonyl (C=O) groups excluding carboxylic acids is 1. The fraction of sp³-hybridized carbons (Fsp3) is 0.533. The van der Waals surface area contributed by atoms with Gasteiger partial charge in [0.2, 0.25) is 0 Å². The van der Waals surface area contributed by atoms with Crippen molar-refractivity contribution in [2.24, 2.45) is 5.92 Å². The maximum atomic E-state index is 12.4. The first-order valence-electron chi connectivity index (χ1n) is 6.84. The van der Waals surface area contributed by atoms with Crippen LogP contribution < -0.4 is 0 Å². The average Bonchev–Trinajstić information content (AvgIpc) is 2.39. The number of hydrogen-bond acceptors (Lipinski definition) is 2. The molecule has 1 saturated heterocycles. The molecule has 0 spiro atoms. The average molecular weight is 325 g/mol. The van der Waals surface area contributed by atoms with Gasteiger partial charge in [-0.3, -0.25) is 9.69 Å². The van der Waals surface area contributed by atoms with Crippen LogP contribution in [0.2, 0.25) is 0 Å². The van der Waals surface area contributed by atoms with Crippen LogP contribution in [0.15, 0.2) is 28.7 Å². The molecule has 1 fully saturated rings. The molecule has 0 bridgehead atoms. The van der Waals surface area contributed by atoms with Gasteiger partial charge in [0.25, 0.3) is 5.91 Å². The van der Waals surface area contributed by atoms with Crippen LogP contribution in [0.3, 0.4) is 0 Å². The Balaban J connectivity index is 1.95. The number of halogens is 1. The summed E-state index contributed by atoms with van der Waals surface area (Å²) in [6.07, 6.45) is 0. The normalized spacial score (nSPS) is 16.9. The van der Waals surface area contributed by atoms with Gasteiger partial charge in [0.1, 0.15) is 0 Å². The van der Waals surface area contributed by atoms with E-state index < -0.39 is 0 Å². The van der Waals surface area contributed by atoms with Gasteiger partial charge in [-0.1, -0.05) is 26.0 Å². The molecule has 0 atom stereocenters. The Morgan fingerprint density at radius 1 is 1.21 bits per heavy atom. The molecule has 1 amide bonds. The van der Waals surface area contributed by atoms with Crippen LogP contribution in [0.4, 0.5) is 0 Å². The fourth-order valence-electron chi connectivity index (χ4n) is 2.45. The van der Waals surface area contributed by atoms with Gasteiger partial charge in [-0.25, -0.2) is 0 Å². The standard InChI is InChI=1S/C15H21BrN2O/c1-12(2)11-17-7-9-18(10-8-17)15(19)13-5-3-4-6-14(13)16/h3-6,12H,7-11H2,1-2H3. The zero-order valence-electron chi connectivity index (χ0n) is 11.6. The van der Waals surface area contributed by atoms with Crippen LogP contribution in [-0.2, 0) is 0 Å². The summed E-state index contributed by atoms with van der Waals surface area (Å²) in [5.74, 6) is 0.821. The van der Waals surface area contributed by atoms with E-state index in [1.54, 1.807) is 0 Å². The van der Waals surface area contributed by atoms with E-state index >= 15 is 0 Å². The highest BCUT2D eigenvalue weighted by Crippen LogP contribution is 2.18. The summed E-state index contributed by atoms with van der Waals surface area (Å²) in [4.78, 5) is 16.8. The predicted molar refractivity (Wildman–Crippen MR) is 81.3 cm³/mol. The third-order valence-corrected chi connectivity index (χ3v) is 4.08. The summed E-state index contributed by atoms with van der Waals surface area (Å²) in [6, 6.07) is 7.64. The molecule has 4 heteroatoms. The zero-order valence-corrected chi connectivity index (χ0v) is 13.2. The van der Waals surface area contributed by atoms with Gasteiger partial charge in [0.05, 0.1) is 5.56 Å². The first-order chi connectivity index (χ1) is 9.08. The molecule has 1 aromatic rings. The topological polar surface area (TPSA) is 23.6 Å². The molecule has 0 N–H and O–H groups in total. The first kappa shape index (κ1) is 14.5. The van der Waals surface area contributed by atoms with Gasteiger partial charge in [0, 0.05) is 37.2 Å². The zero-order chi connectivity index (χ0) is 13.8. The minimum absolute atomic E-state index is 0.136. The third kappa shape index (κ3) is 3.80. The molecule has 1 heterocycles. The van der Waals surface area contributed by atoms with Gasteiger partial charge < -0.3 is 4.90 Å². The van der Waals surface area contributed by atoms with Crippen LogP contribution in [0.25, 0.3) is 0 Å². The molecule has 1 aliphatic rings. The van der Waals surface area contributed by atoms with Crippen molar-refractivity contribution in [3.05, 3.63) is 34.3 Å². The second-order valence-electron chi connectivity index (χ2n) is 5.47. The minimum atomic E-state index is 0.136. The Bertz CT molecular complexity index is 440. The Morgan fingerprint density at radius 2 is 1.84 bits per heavy atom. The lowest BCUT2D eigenvalue weighted by Crippen LogP contribution is -2.49. The summed E-state index contributed by atoms with van der Waals surface area (Å²) >= 11 is 3.45. The van der Waals surface area contributed by atoms with Crippen LogP contribution in [0.1, 0.15) is 24.2 Å². The van der Waals surface area contributed by atoms with E-state index in [-0.39, 0.29) is 5.91 Å². The Hall–Kier alpha value is -0.870. The molecule has 0 radical (unpaired) electrons. The second kappa shape index (κ2) is 6.53. The Morgan fingerprint density at radius 3 is 2.42 bits per heavy atom. The highest BCUT2D eigenvalue weighted by atomic mass is 79.9. The van der Waals surface area contributed by atoms with E-state index in [9.17, 15) is 4.79 Å². The van der Waals surface area contributed by atoms with E-state index in [2.05, 4.69) is 34.7 Å². The molecule has 1 aromatic carbocycles. The molecular formula is C15H21BrN2O. The molecule has 0 unspecified atom stereocenters. The summed E-state index contributed by atoms with van der Waals surface area (Å²) in [5.41, 5.74) is 0.764. The smallest absolute Gasteiger partial charge is 0.255 e. The first-order valence-corrected chi connectivity index (χ1v) is 7.63. The number of amides is 1. The van der Waals surface area contributed by atoms with Gasteiger partial charge in [-0.15, -0.1) is 0 Å². The van der Waals surface area contributed by atoms with Crippen molar-refractivity contribution in [2.75, 3.05) is 32.7 Å². The monoisotopic (exact) mass is 324 g/mol. The van der Waals surface area contributed by atoms with Crippen molar-refractivity contribution in [3.8, 4) is 0 Å². The second-order valence-corrected chi connectivity index (χ2v) is 6.32. The molecule has 3 nitrogen and oxygen atoms in total. The maximum Gasteiger partial charge on any atom is 0.255 e. The fourth-order valence-corrected chi connectivity index (χ4v) is 2.91. The number of piperazine rings is 1. The van der Waals surface area contributed by atoms with Gasteiger partial charge in [-0.05, 0) is 34.0 Å². The lowest BCUT2D eigenvalue weighted by Gasteiger charge is -2.35. The van der Waals surface area contributed by atoms with Gasteiger partial charge in [0.15, 0.2) is 0 Å². The number of hydrogen-bond donors (Lipinski definition) is 0. The molecule has 2 rings (SSSR count).